The summed E-state index contributed by atoms with van der Waals surface area (Å²) in [7, 11) is -3.29. The average molecular weight is 322 g/mol. The summed E-state index contributed by atoms with van der Waals surface area (Å²) in [6.45, 7) is 5.39. The molecule has 0 radical (unpaired) electrons. The minimum absolute atomic E-state index is 0.000451. The van der Waals surface area contributed by atoms with Crippen LogP contribution in [0, 0.1) is 5.92 Å². The number of carboxylic acids is 1. The molecule has 7 nitrogen and oxygen atoms in total. The van der Waals surface area contributed by atoms with Gasteiger partial charge in [0.05, 0.1) is 25.0 Å². The van der Waals surface area contributed by atoms with Crippen molar-refractivity contribution in [1.82, 2.24) is 9.62 Å². The van der Waals surface area contributed by atoms with Gasteiger partial charge in [-0.25, -0.2) is 12.7 Å². The van der Waals surface area contributed by atoms with E-state index in [-0.39, 0.29) is 30.9 Å². The van der Waals surface area contributed by atoms with Crippen LogP contribution in [-0.4, -0.2) is 68.4 Å². The summed E-state index contributed by atoms with van der Waals surface area (Å²) in [5.41, 5.74) is 0. The van der Waals surface area contributed by atoms with E-state index in [2.05, 4.69) is 5.32 Å². The van der Waals surface area contributed by atoms with Crippen molar-refractivity contribution in [2.45, 2.75) is 32.8 Å². The molecular weight excluding hydrogens is 296 g/mol. The fourth-order valence-corrected chi connectivity index (χ4v) is 3.76. The Labute approximate surface area is 126 Å². The first kappa shape index (κ1) is 18.3. The summed E-state index contributed by atoms with van der Waals surface area (Å²) in [6, 6.07) is 0. The van der Waals surface area contributed by atoms with Crippen LogP contribution in [0.15, 0.2) is 0 Å². The third-order valence-electron chi connectivity index (χ3n) is 3.38. The van der Waals surface area contributed by atoms with E-state index in [1.165, 1.54) is 4.31 Å². The molecule has 0 aromatic carbocycles. The monoisotopic (exact) mass is 322 g/mol. The molecule has 2 N–H and O–H groups in total. The van der Waals surface area contributed by atoms with Gasteiger partial charge in [0.15, 0.2) is 0 Å². The minimum atomic E-state index is -3.29. The molecule has 8 heteroatoms. The molecule has 1 atom stereocenters. The highest BCUT2D eigenvalue weighted by Gasteiger charge is 2.28. The third-order valence-corrected chi connectivity index (χ3v) is 5.18. The number of nitrogens with zero attached hydrogens (tertiary/aromatic N) is 1. The molecule has 1 aliphatic heterocycles. The number of hydrogen-bond acceptors (Lipinski definition) is 5. The molecule has 0 amide bonds. The molecule has 1 heterocycles. The van der Waals surface area contributed by atoms with Gasteiger partial charge in [0.2, 0.25) is 10.0 Å². The molecule has 1 fully saturated rings. The molecule has 0 saturated carbocycles. The molecule has 0 bridgehead atoms. The first-order valence-corrected chi connectivity index (χ1v) is 8.94. The predicted octanol–water partition coefficient (Wildman–Crippen LogP) is 0.127. The van der Waals surface area contributed by atoms with Crippen molar-refractivity contribution in [1.29, 1.82) is 0 Å². The number of hydrogen-bond donors (Lipinski definition) is 2. The van der Waals surface area contributed by atoms with Gasteiger partial charge in [0, 0.05) is 13.1 Å². The largest absolute Gasteiger partial charge is 0.480 e. The molecule has 1 unspecified atom stereocenters. The van der Waals surface area contributed by atoms with E-state index in [1.54, 1.807) is 0 Å². The van der Waals surface area contributed by atoms with Crippen molar-refractivity contribution in [2.75, 3.05) is 38.5 Å². The number of sulfonamides is 1. The zero-order valence-corrected chi connectivity index (χ0v) is 13.6. The zero-order valence-electron chi connectivity index (χ0n) is 12.7. The lowest BCUT2D eigenvalue weighted by Gasteiger charge is -2.32. The Kier molecular flexibility index (Phi) is 7.58. The van der Waals surface area contributed by atoms with Crippen LogP contribution >= 0.6 is 0 Å². The third kappa shape index (κ3) is 7.21. The second-order valence-electron chi connectivity index (χ2n) is 5.63. The minimum Gasteiger partial charge on any atom is -0.480 e. The molecule has 21 heavy (non-hydrogen) atoms. The SMILES string of the molecule is CC(C)OCCS(=O)(=O)N1CCCC(CNCC(=O)O)C1. The van der Waals surface area contributed by atoms with Gasteiger partial charge in [-0.1, -0.05) is 0 Å². The first-order valence-electron chi connectivity index (χ1n) is 7.33. The standard InChI is InChI=1S/C13H26N2O5S/c1-11(2)20-6-7-21(18,19)15-5-3-4-12(10-15)8-14-9-13(16)17/h11-12,14H,3-10H2,1-2H3,(H,16,17). The average Bonchev–Trinajstić information content (AvgIpc) is 2.38. The van der Waals surface area contributed by atoms with Crippen molar-refractivity contribution >= 4 is 16.0 Å². The number of rotatable bonds is 9. The lowest BCUT2D eigenvalue weighted by Crippen LogP contribution is -2.44. The molecule has 1 saturated heterocycles. The highest BCUT2D eigenvalue weighted by atomic mass is 32.2. The normalized spacial score (nSPS) is 20.8. The van der Waals surface area contributed by atoms with E-state index in [0.29, 0.717) is 19.6 Å². The molecule has 0 aromatic heterocycles. The lowest BCUT2D eigenvalue weighted by molar-refractivity contribution is -0.136. The molecule has 0 spiro atoms. The Hall–Kier alpha value is -0.700. The maximum Gasteiger partial charge on any atom is 0.317 e. The number of aliphatic carboxylic acids is 1. The Bertz CT molecular complexity index is 424. The van der Waals surface area contributed by atoms with E-state index in [1.807, 2.05) is 13.8 Å². The fraction of sp³-hybridized carbons (Fsp3) is 0.923. The van der Waals surface area contributed by atoms with Gasteiger partial charge in [-0.05, 0) is 39.2 Å². The van der Waals surface area contributed by atoms with Gasteiger partial charge in [0.1, 0.15) is 0 Å². The Morgan fingerprint density at radius 1 is 1.48 bits per heavy atom. The van der Waals surface area contributed by atoms with Crippen LogP contribution in [0.5, 0.6) is 0 Å². The van der Waals surface area contributed by atoms with Gasteiger partial charge in [-0.15, -0.1) is 0 Å². The molecule has 1 aliphatic rings. The smallest absolute Gasteiger partial charge is 0.317 e. The Morgan fingerprint density at radius 2 is 2.19 bits per heavy atom. The maximum absolute atomic E-state index is 12.2. The predicted molar refractivity (Wildman–Crippen MR) is 79.7 cm³/mol. The van der Waals surface area contributed by atoms with Crippen LogP contribution in [0.2, 0.25) is 0 Å². The molecule has 124 valence electrons. The van der Waals surface area contributed by atoms with Gasteiger partial charge < -0.3 is 15.2 Å². The highest BCUT2D eigenvalue weighted by Crippen LogP contribution is 2.19. The number of nitrogens with one attached hydrogen (secondary N) is 1. The number of carbonyl (C=O) groups is 1. The van der Waals surface area contributed by atoms with Gasteiger partial charge in [-0.2, -0.15) is 0 Å². The second-order valence-corrected chi connectivity index (χ2v) is 7.71. The first-order chi connectivity index (χ1) is 9.81. The van der Waals surface area contributed by atoms with E-state index in [4.69, 9.17) is 9.84 Å². The summed E-state index contributed by atoms with van der Waals surface area (Å²) in [5, 5.41) is 11.4. The van der Waals surface area contributed by atoms with Crippen molar-refractivity contribution in [3.63, 3.8) is 0 Å². The van der Waals surface area contributed by atoms with Gasteiger partial charge in [0.25, 0.3) is 0 Å². The summed E-state index contributed by atoms with van der Waals surface area (Å²) in [5.74, 6) is -0.736. The summed E-state index contributed by atoms with van der Waals surface area (Å²) < 4.78 is 31.3. The van der Waals surface area contributed by atoms with Crippen LogP contribution < -0.4 is 5.32 Å². The van der Waals surface area contributed by atoms with E-state index in [0.717, 1.165) is 12.8 Å². The molecule has 0 aliphatic carbocycles. The molecule has 1 rings (SSSR count). The number of piperidine rings is 1. The fourth-order valence-electron chi connectivity index (χ4n) is 2.35. The number of ether oxygens (including phenoxy) is 1. The van der Waals surface area contributed by atoms with Crippen molar-refractivity contribution in [3.8, 4) is 0 Å². The van der Waals surface area contributed by atoms with E-state index >= 15 is 0 Å². The van der Waals surface area contributed by atoms with E-state index < -0.39 is 16.0 Å². The topological polar surface area (TPSA) is 95.9 Å². The molecule has 0 aromatic rings. The molecular formula is C13H26N2O5S. The Morgan fingerprint density at radius 3 is 2.81 bits per heavy atom. The summed E-state index contributed by atoms with van der Waals surface area (Å²) in [4.78, 5) is 10.5. The highest BCUT2D eigenvalue weighted by molar-refractivity contribution is 7.89. The Balaban J connectivity index is 2.41. The van der Waals surface area contributed by atoms with Gasteiger partial charge in [-0.3, -0.25) is 4.79 Å². The maximum atomic E-state index is 12.2. The zero-order chi connectivity index (χ0) is 15.9. The van der Waals surface area contributed by atoms with Crippen LogP contribution in [0.3, 0.4) is 0 Å². The van der Waals surface area contributed by atoms with Crippen molar-refractivity contribution < 1.29 is 23.1 Å². The summed E-state index contributed by atoms with van der Waals surface area (Å²) in [6.07, 6.45) is 1.75. The van der Waals surface area contributed by atoms with Crippen LogP contribution in [0.25, 0.3) is 0 Å². The van der Waals surface area contributed by atoms with Crippen LogP contribution in [0.4, 0.5) is 0 Å². The van der Waals surface area contributed by atoms with Crippen LogP contribution in [-0.2, 0) is 19.6 Å². The quantitative estimate of drug-likeness (QED) is 0.626. The van der Waals surface area contributed by atoms with Crippen LogP contribution in [0.1, 0.15) is 26.7 Å². The summed E-state index contributed by atoms with van der Waals surface area (Å²) >= 11 is 0. The lowest BCUT2D eigenvalue weighted by atomic mass is 10.00. The van der Waals surface area contributed by atoms with Crippen molar-refractivity contribution in [2.24, 2.45) is 5.92 Å². The van der Waals surface area contributed by atoms with E-state index in [9.17, 15) is 13.2 Å². The number of carboxylic acid groups (broad SMARTS) is 1. The second kappa shape index (κ2) is 8.67. The van der Waals surface area contributed by atoms with Crippen molar-refractivity contribution in [3.05, 3.63) is 0 Å². The van der Waals surface area contributed by atoms with Gasteiger partial charge >= 0.3 is 5.97 Å².